The van der Waals surface area contributed by atoms with Crippen molar-refractivity contribution in [2.75, 3.05) is 4.90 Å². The summed E-state index contributed by atoms with van der Waals surface area (Å²) in [7, 11) is 0. The Morgan fingerprint density at radius 1 is 0.537 bits per heavy atom. The first kappa shape index (κ1) is 31.6. The molecule has 7 aromatic carbocycles. The molecule has 0 N–H and O–H groups in total. The summed E-state index contributed by atoms with van der Waals surface area (Å²) in [5, 5.41) is 2.66. The summed E-state index contributed by atoms with van der Waals surface area (Å²) in [4.78, 5) is 2.55. The Kier molecular flexibility index (Phi) is 7.24. The van der Waals surface area contributed by atoms with Gasteiger partial charge in [0.1, 0.15) is 0 Å². The lowest BCUT2D eigenvalue weighted by atomic mass is 9.47. The van der Waals surface area contributed by atoms with E-state index in [0.717, 1.165) is 11.6 Å². The Morgan fingerprint density at radius 2 is 1.17 bits per heavy atom. The standard InChI is InChI=1S/C52H44N2/c1-35-33-39-19-14-20-40(34-35)52(39)44-23-10-13-26-48(44)54-47-25-12-9-22-43(47)50-49(32-31-45(52)51(50)54)53(41-29-27-37(28-30-41)36-15-4-2-5-16-36)46-24-11-8-21-42(46)38-17-6-3-7-18-38/h2-13,15-18,21-32,35,39-40H,14,19-20,33-34H2,1H3/t35-,39-,40+,52?. The number of nitrogens with zero attached hydrogens (tertiary/aromatic N) is 2. The van der Waals surface area contributed by atoms with Gasteiger partial charge in [0, 0.05) is 27.4 Å². The molecule has 2 nitrogen and oxygen atoms in total. The second-order valence-corrected chi connectivity index (χ2v) is 16.1. The van der Waals surface area contributed by atoms with Crippen LogP contribution in [0.1, 0.15) is 50.2 Å². The van der Waals surface area contributed by atoms with E-state index in [9.17, 15) is 0 Å². The van der Waals surface area contributed by atoms with Crippen LogP contribution in [0.15, 0.2) is 170 Å². The summed E-state index contributed by atoms with van der Waals surface area (Å²) in [6.07, 6.45) is 6.57. The molecule has 1 aliphatic heterocycles. The highest BCUT2D eigenvalue weighted by Gasteiger charge is 2.56. The smallest absolute Gasteiger partial charge is 0.0603 e. The maximum absolute atomic E-state index is 2.64. The predicted molar refractivity (Wildman–Crippen MR) is 226 cm³/mol. The minimum absolute atomic E-state index is 0.0205. The summed E-state index contributed by atoms with van der Waals surface area (Å²) in [5.41, 5.74) is 15.6. The third kappa shape index (κ3) is 4.53. The molecule has 0 radical (unpaired) electrons. The van der Waals surface area contributed by atoms with E-state index in [1.807, 2.05) is 0 Å². The van der Waals surface area contributed by atoms with Crippen molar-refractivity contribution in [1.29, 1.82) is 0 Å². The first-order chi connectivity index (χ1) is 26.7. The van der Waals surface area contributed by atoms with Gasteiger partial charge in [0.05, 0.1) is 28.1 Å². The lowest BCUT2D eigenvalue weighted by Gasteiger charge is -2.57. The SMILES string of the molecule is C[C@@H]1C[C@H]2CCC[C@@H](C1)C21c2ccccc2-n2c3ccccc3c3c(N(c4ccc(-c5ccccc5)cc4)c4ccccc4-c4ccccc4)ccc1c32. The number of fused-ring (bicyclic) bond motifs is 5. The van der Waals surface area contributed by atoms with Gasteiger partial charge in [0.15, 0.2) is 0 Å². The molecule has 2 bridgehead atoms. The number of rotatable bonds is 5. The first-order valence-corrected chi connectivity index (χ1v) is 20.0. The van der Waals surface area contributed by atoms with E-state index in [1.165, 1.54) is 93.2 Å². The largest absolute Gasteiger partial charge is 0.309 e. The van der Waals surface area contributed by atoms with E-state index in [-0.39, 0.29) is 5.41 Å². The van der Waals surface area contributed by atoms with Crippen LogP contribution in [-0.2, 0) is 5.41 Å². The lowest BCUT2D eigenvalue weighted by Crippen LogP contribution is -2.52. The molecule has 8 aromatic rings. The molecule has 1 spiro atoms. The van der Waals surface area contributed by atoms with Gasteiger partial charge in [-0.2, -0.15) is 0 Å². The van der Waals surface area contributed by atoms with Gasteiger partial charge >= 0.3 is 0 Å². The fourth-order valence-electron chi connectivity index (χ4n) is 11.3. The van der Waals surface area contributed by atoms with Crippen LogP contribution in [0.5, 0.6) is 0 Å². The van der Waals surface area contributed by atoms with E-state index >= 15 is 0 Å². The van der Waals surface area contributed by atoms with Gasteiger partial charge in [-0.1, -0.05) is 147 Å². The second kappa shape index (κ2) is 12.4. The molecule has 1 unspecified atom stereocenters. The number of para-hydroxylation sites is 3. The Bertz CT molecular complexity index is 2650. The maximum Gasteiger partial charge on any atom is 0.0603 e. The molecular weight excluding hydrogens is 653 g/mol. The molecule has 0 amide bonds. The van der Waals surface area contributed by atoms with Crippen LogP contribution in [0.25, 0.3) is 49.7 Å². The summed E-state index contributed by atoms with van der Waals surface area (Å²) in [6, 6.07) is 63.5. The number of hydrogen-bond donors (Lipinski definition) is 0. The predicted octanol–water partition coefficient (Wildman–Crippen LogP) is 14.0. The molecule has 4 atom stereocenters. The molecule has 3 aliphatic rings. The zero-order chi connectivity index (χ0) is 35.8. The van der Waals surface area contributed by atoms with Crippen LogP contribution in [-0.4, -0.2) is 4.57 Å². The van der Waals surface area contributed by atoms with Crippen molar-refractivity contribution in [3.05, 3.63) is 181 Å². The fraction of sp³-hybridized carbons (Fsp3) is 0.192. The van der Waals surface area contributed by atoms with Crippen LogP contribution in [0.3, 0.4) is 0 Å². The van der Waals surface area contributed by atoms with Crippen molar-refractivity contribution in [3.8, 4) is 27.9 Å². The molecule has 2 heterocycles. The highest BCUT2D eigenvalue weighted by molar-refractivity contribution is 6.18. The topological polar surface area (TPSA) is 8.17 Å². The van der Waals surface area contributed by atoms with Crippen molar-refractivity contribution >= 4 is 38.9 Å². The molecule has 2 aliphatic carbocycles. The van der Waals surface area contributed by atoms with E-state index in [0.29, 0.717) is 11.8 Å². The lowest BCUT2D eigenvalue weighted by molar-refractivity contribution is 0.0532. The number of hydrogen-bond acceptors (Lipinski definition) is 1. The Morgan fingerprint density at radius 3 is 1.94 bits per heavy atom. The maximum atomic E-state index is 2.64. The van der Waals surface area contributed by atoms with E-state index in [4.69, 9.17) is 0 Å². The minimum atomic E-state index is 0.0205. The van der Waals surface area contributed by atoms with Gasteiger partial charge in [-0.25, -0.2) is 0 Å². The van der Waals surface area contributed by atoms with Gasteiger partial charge in [-0.3, -0.25) is 0 Å². The van der Waals surface area contributed by atoms with Crippen molar-refractivity contribution in [2.45, 2.75) is 44.4 Å². The molecule has 1 aromatic heterocycles. The molecule has 11 rings (SSSR count). The second-order valence-electron chi connectivity index (χ2n) is 16.1. The summed E-state index contributed by atoms with van der Waals surface area (Å²) in [5.74, 6) is 2.05. The normalized spacial score (nSPS) is 21.3. The van der Waals surface area contributed by atoms with Crippen LogP contribution in [0, 0.1) is 17.8 Å². The number of anilines is 3. The third-order valence-corrected chi connectivity index (χ3v) is 13.3. The van der Waals surface area contributed by atoms with Crippen molar-refractivity contribution in [3.63, 3.8) is 0 Å². The van der Waals surface area contributed by atoms with Crippen LogP contribution in [0.2, 0.25) is 0 Å². The van der Waals surface area contributed by atoms with Gasteiger partial charge in [0.2, 0.25) is 0 Å². The van der Waals surface area contributed by atoms with Gasteiger partial charge in [-0.15, -0.1) is 0 Å². The monoisotopic (exact) mass is 696 g/mol. The molecule has 2 saturated carbocycles. The molecular formula is C52H44N2. The molecule has 54 heavy (non-hydrogen) atoms. The molecule has 0 saturated heterocycles. The fourth-order valence-corrected chi connectivity index (χ4v) is 11.3. The molecule has 2 fully saturated rings. The Hall–Kier alpha value is -5.86. The quantitative estimate of drug-likeness (QED) is 0.174. The zero-order valence-electron chi connectivity index (χ0n) is 30.8. The van der Waals surface area contributed by atoms with Crippen LogP contribution < -0.4 is 4.90 Å². The van der Waals surface area contributed by atoms with Crippen molar-refractivity contribution < 1.29 is 0 Å². The van der Waals surface area contributed by atoms with Crippen molar-refractivity contribution in [1.82, 2.24) is 4.57 Å². The summed E-state index contributed by atoms with van der Waals surface area (Å²) in [6.45, 7) is 2.51. The number of benzene rings is 7. The zero-order valence-corrected chi connectivity index (χ0v) is 30.8. The molecule has 262 valence electrons. The average molecular weight is 697 g/mol. The summed E-state index contributed by atoms with van der Waals surface area (Å²) < 4.78 is 2.64. The van der Waals surface area contributed by atoms with E-state index in [1.54, 1.807) is 11.1 Å². The summed E-state index contributed by atoms with van der Waals surface area (Å²) >= 11 is 0. The highest BCUT2D eigenvalue weighted by atomic mass is 15.2. The first-order valence-electron chi connectivity index (χ1n) is 20.0. The number of aromatic nitrogens is 1. The van der Waals surface area contributed by atoms with Crippen LogP contribution >= 0.6 is 0 Å². The minimum Gasteiger partial charge on any atom is -0.309 e. The van der Waals surface area contributed by atoms with Crippen molar-refractivity contribution in [2.24, 2.45) is 17.8 Å². The highest BCUT2D eigenvalue weighted by Crippen LogP contribution is 2.64. The van der Waals surface area contributed by atoms with Crippen LogP contribution in [0.4, 0.5) is 17.1 Å². The Balaban J connectivity index is 1.24. The van der Waals surface area contributed by atoms with E-state index in [2.05, 4.69) is 186 Å². The Labute approximate surface area is 318 Å². The van der Waals surface area contributed by atoms with Gasteiger partial charge < -0.3 is 9.47 Å². The third-order valence-electron chi connectivity index (χ3n) is 13.3. The van der Waals surface area contributed by atoms with Gasteiger partial charge in [-0.05, 0) is 108 Å². The van der Waals surface area contributed by atoms with E-state index < -0.39 is 0 Å². The van der Waals surface area contributed by atoms with Gasteiger partial charge in [0.25, 0.3) is 0 Å². The molecule has 2 heteroatoms. The average Bonchev–Trinajstić information content (AvgIpc) is 3.58.